The van der Waals surface area contributed by atoms with Gasteiger partial charge in [0.1, 0.15) is 0 Å². The Balaban J connectivity index is 1.65. The molecule has 32 heavy (non-hydrogen) atoms. The van der Waals surface area contributed by atoms with Gasteiger partial charge in [-0.05, 0) is 42.2 Å². The van der Waals surface area contributed by atoms with Gasteiger partial charge in [-0.3, -0.25) is 14.2 Å². The van der Waals surface area contributed by atoms with Crippen LogP contribution in [0.15, 0.2) is 45.3 Å². The fourth-order valence-corrected chi connectivity index (χ4v) is 5.27. The Morgan fingerprint density at radius 1 is 1.06 bits per heavy atom. The molecule has 4 aromatic rings. The second kappa shape index (κ2) is 8.20. The van der Waals surface area contributed by atoms with Crippen LogP contribution in [0, 0.1) is 11.8 Å². The third kappa shape index (κ3) is 3.44. The summed E-state index contributed by atoms with van der Waals surface area (Å²) in [6, 6.07) is 5.51. The topological polar surface area (TPSA) is 98.5 Å². The van der Waals surface area contributed by atoms with Crippen LogP contribution >= 0.6 is 11.8 Å². The molecule has 0 unspecified atom stereocenters. The summed E-state index contributed by atoms with van der Waals surface area (Å²) in [5.41, 5.74) is 0.793. The summed E-state index contributed by atoms with van der Waals surface area (Å²) in [4.78, 5) is 35.7. The average molecular weight is 451 g/mol. The second-order valence-corrected chi connectivity index (χ2v) is 9.81. The van der Waals surface area contributed by atoms with Crippen LogP contribution in [0.25, 0.3) is 27.8 Å². The SMILES string of the molecule is CCSc1n[nH]c(-n2ccc3nc4ccn([C@@H]5CCC[C@@H](C)[C@H]5C)c(=O)c4cc3c2=O)n1. The van der Waals surface area contributed by atoms with Crippen LogP contribution in [-0.4, -0.2) is 35.1 Å². The average Bonchev–Trinajstić information content (AvgIpc) is 3.24. The molecule has 1 saturated carbocycles. The number of rotatable bonds is 4. The summed E-state index contributed by atoms with van der Waals surface area (Å²) in [5, 5.41) is 8.41. The van der Waals surface area contributed by atoms with Crippen LogP contribution in [0.5, 0.6) is 0 Å². The summed E-state index contributed by atoms with van der Waals surface area (Å²) in [6.07, 6.45) is 6.82. The lowest BCUT2D eigenvalue weighted by atomic mass is 9.78. The number of nitrogens with zero attached hydrogens (tertiary/aromatic N) is 5. The Morgan fingerprint density at radius 2 is 1.81 bits per heavy atom. The van der Waals surface area contributed by atoms with Crippen LogP contribution in [0.1, 0.15) is 46.1 Å². The van der Waals surface area contributed by atoms with Crippen LogP contribution in [0.2, 0.25) is 0 Å². The lowest BCUT2D eigenvalue weighted by Crippen LogP contribution is -2.33. The predicted octanol–water partition coefficient (Wildman–Crippen LogP) is 3.93. The molecule has 3 atom stereocenters. The zero-order valence-electron chi connectivity index (χ0n) is 18.4. The molecule has 0 aromatic carbocycles. The highest BCUT2D eigenvalue weighted by Crippen LogP contribution is 2.37. The fourth-order valence-electron chi connectivity index (χ4n) is 4.75. The summed E-state index contributed by atoms with van der Waals surface area (Å²) >= 11 is 1.49. The number of pyridine rings is 3. The van der Waals surface area contributed by atoms with Crippen molar-refractivity contribution >= 4 is 33.6 Å². The van der Waals surface area contributed by atoms with Gasteiger partial charge < -0.3 is 4.57 Å². The molecule has 1 fully saturated rings. The number of fused-ring (bicyclic) bond motifs is 2. The molecule has 0 bridgehead atoms. The maximum Gasteiger partial charge on any atom is 0.266 e. The van der Waals surface area contributed by atoms with Crippen molar-refractivity contribution in [2.75, 3.05) is 5.75 Å². The molecule has 0 amide bonds. The van der Waals surface area contributed by atoms with E-state index in [0.717, 1.165) is 18.6 Å². The quantitative estimate of drug-likeness (QED) is 0.374. The van der Waals surface area contributed by atoms with Crippen LogP contribution in [0.3, 0.4) is 0 Å². The van der Waals surface area contributed by atoms with Gasteiger partial charge in [0.25, 0.3) is 11.1 Å². The molecule has 1 aliphatic rings. The molecule has 9 heteroatoms. The van der Waals surface area contributed by atoms with Crippen molar-refractivity contribution in [1.82, 2.24) is 29.3 Å². The first kappa shape index (κ1) is 20.9. The molecule has 1 aliphatic carbocycles. The van der Waals surface area contributed by atoms with Crippen molar-refractivity contribution in [3.05, 3.63) is 51.3 Å². The Morgan fingerprint density at radius 3 is 2.59 bits per heavy atom. The van der Waals surface area contributed by atoms with Crippen molar-refractivity contribution in [3.63, 3.8) is 0 Å². The number of thioether (sulfide) groups is 1. The van der Waals surface area contributed by atoms with Crippen LogP contribution < -0.4 is 11.1 Å². The molecule has 0 saturated heterocycles. The minimum atomic E-state index is -0.282. The highest BCUT2D eigenvalue weighted by atomic mass is 32.2. The number of aromatic nitrogens is 6. The number of hydrogen-bond donors (Lipinski definition) is 1. The number of H-pyrrole nitrogens is 1. The third-order valence-corrected chi connectivity index (χ3v) is 7.48. The van der Waals surface area contributed by atoms with Crippen LogP contribution in [-0.2, 0) is 0 Å². The third-order valence-electron chi connectivity index (χ3n) is 6.75. The van der Waals surface area contributed by atoms with Gasteiger partial charge in [-0.2, -0.15) is 4.98 Å². The van der Waals surface area contributed by atoms with Crippen molar-refractivity contribution in [2.45, 2.75) is 51.2 Å². The molecular weight excluding hydrogens is 424 g/mol. The zero-order valence-corrected chi connectivity index (χ0v) is 19.2. The predicted molar refractivity (Wildman–Crippen MR) is 127 cm³/mol. The zero-order chi connectivity index (χ0) is 22.4. The fraction of sp³-hybridized carbons (Fsp3) is 0.435. The maximum absolute atomic E-state index is 13.4. The molecule has 0 spiro atoms. The Kier molecular flexibility index (Phi) is 5.36. The normalized spacial score (nSPS) is 21.4. The molecule has 4 aromatic heterocycles. The van der Waals surface area contributed by atoms with Gasteiger partial charge in [0.15, 0.2) is 0 Å². The van der Waals surface area contributed by atoms with E-state index in [4.69, 9.17) is 0 Å². The summed E-state index contributed by atoms with van der Waals surface area (Å²) < 4.78 is 3.26. The van der Waals surface area contributed by atoms with Gasteiger partial charge in [-0.15, -0.1) is 5.10 Å². The Labute approximate surface area is 189 Å². The largest absolute Gasteiger partial charge is 0.312 e. The summed E-state index contributed by atoms with van der Waals surface area (Å²) in [7, 11) is 0. The van der Waals surface area contributed by atoms with Crippen molar-refractivity contribution < 1.29 is 0 Å². The Bertz CT molecular complexity index is 1420. The van der Waals surface area contributed by atoms with Crippen molar-refractivity contribution in [3.8, 4) is 5.95 Å². The number of aromatic amines is 1. The number of nitrogens with one attached hydrogen (secondary N) is 1. The smallest absolute Gasteiger partial charge is 0.266 e. The van der Waals surface area contributed by atoms with Gasteiger partial charge >= 0.3 is 0 Å². The van der Waals surface area contributed by atoms with E-state index >= 15 is 0 Å². The highest BCUT2D eigenvalue weighted by Gasteiger charge is 2.29. The lowest BCUT2D eigenvalue weighted by molar-refractivity contribution is 0.183. The first-order chi connectivity index (χ1) is 15.5. The summed E-state index contributed by atoms with van der Waals surface area (Å²) in [6.45, 7) is 6.50. The molecule has 0 radical (unpaired) electrons. The molecule has 8 nitrogen and oxygen atoms in total. The molecular formula is C23H26N6O2S. The molecule has 1 N–H and O–H groups in total. The Hall–Kier alpha value is -2.94. The monoisotopic (exact) mass is 450 g/mol. The van der Waals surface area contributed by atoms with E-state index in [1.807, 2.05) is 23.8 Å². The second-order valence-electron chi connectivity index (χ2n) is 8.58. The van der Waals surface area contributed by atoms with Gasteiger partial charge in [-0.1, -0.05) is 45.4 Å². The molecule has 0 aliphatic heterocycles. The van der Waals surface area contributed by atoms with E-state index < -0.39 is 0 Å². The van der Waals surface area contributed by atoms with E-state index in [1.165, 1.54) is 22.7 Å². The van der Waals surface area contributed by atoms with Crippen molar-refractivity contribution in [2.24, 2.45) is 11.8 Å². The van der Waals surface area contributed by atoms with E-state index in [1.54, 1.807) is 18.3 Å². The first-order valence-electron chi connectivity index (χ1n) is 11.1. The van der Waals surface area contributed by atoms with Gasteiger partial charge in [0.2, 0.25) is 11.1 Å². The summed E-state index contributed by atoms with van der Waals surface area (Å²) in [5.74, 6) is 2.19. The first-order valence-corrected chi connectivity index (χ1v) is 12.1. The standard InChI is InChI=1S/C23H26N6O2S/c1-4-32-23-25-22(26-27-23)29-11-9-18-16(21(29)31)12-15-17(24-18)8-10-28(20(15)30)19-7-5-6-13(2)14(19)3/h8-14,19H,4-7H2,1-3H3,(H,25,26,27)/t13-,14-,19-/m1/s1. The minimum Gasteiger partial charge on any atom is -0.312 e. The van der Waals surface area contributed by atoms with E-state index in [9.17, 15) is 9.59 Å². The molecule has 5 rings (SSSR count). The maximum atomic E-state index is 13.4. The van der Waals surface area contributed by atoms with Gasteiger partial charge in [0, 0.05) is 18.4 Å². The lowest BCUT2D eigenvalue weighted by Gasteiger charge is -2.35. The van der Waals surface area contributed by atoms with Gasteiger partial charge in [0.05, 0.1) is 21.8 Å². The van der Waals surface area contributed by atoms with Gasteiger partial charge in [-0.25, -0.2) is 10.1 Å². The minimum absolute atomic E-state index is 0.0843. The number of hydrogen-bond acceptors (Lipinski definition) is 6. The molecule has 4 heterocycles. The van der Waals surface area contributed by atoms with E-state index in [2.05, 4.69) is 34.0 Å². The van der Waals surface area contributed by atoms with Crippen molar-refractivity contribution in [1.29, 1.82) is 0 Å². The van der Waals surface area contributed by atoms with E-state index in [-0.39, 0.29) is 17.2 Å². The van der Waals surface area contributed by atoms with Crippen LogP contribution in [0.4, 0.5) is 0 Å². The highest BCUT2D eigenvalue weighted by molar-refractivity contribution is 7.99. The molecule has 166 valence electrons. The van der Waals surface area contributed by atoms with E-state index in [0.29, 0.717) is 44.7 Å².